The molecule has 0 aromatic heterocycles. The van der Waals surface area contributed by atoms with E-state index < -0.39 is 5.97 Å². The van der Waals surface area contributed by atoms with Gasteiger partial charge in [-0.3, -0.25) is 4.90 Å². The number of hydrogen-bond donors (Lipinski definition) is 1. The number of hydrogen-bond acceptors (Lipinski definition) is 3. The molecule has 0 amide bonds. The van der Waals surface area contributed by atoms with Crippen molar-refractivity contribution in [2.45, 2.75) is 20.0 Å². The number of carboxylic acid groups (broad SMARTS) is 1. The van der Waals surface area contributed by atoms with Gasteiger partial charge in [0.05, 0.1) is 5.56 Å². The van der Waals surface area contributed by atoms with E-state index in [1.807, 2.05) is 12.1 Å². The Balaban J connectivity index is 2.13. The first-order chi connectivity index (χ1) is 11.4. The van der Waals surface area contributed by atoms with E-state index in [4.69, 9.17) is 5.11 Å². The Morgan fingerprint density at radius 1 is 0.958 bits per heavy atom. The van der Waals surface area contributed by atoms with E-state index in [1.165, 1.54) is 11.1 Å². The topological polar surface area (TPSA) is 43.8 Å². The highest BCUT2D eigenvalue weighted by atomic mass is 16.4. The van der Waals surface area contributed by atoms with Crippen LogP contribution >= 0.6 is 0 Å². The highest BCUT2D eigenvalue weighted by Gasteiger charge is 2.10. The molecule has 128 valence electrons. The summed E-state index contributed by atoms with van der Waals surface area (Å²) in [6.07, 6.45) is 0. The maximum atomic E-state index is 11.2. The van der Waals surface area contributed by atoms with Crippen LogP contribution < -0.4 is 0 Å². The van der Waals surface area contributed by atoms with Crippen LogP contribution in [0.2, 0.25) is 0 Å². The van der Waals surface area contributed by atoms with E-state index in [-0.39, 0.29) is 0 Å². The molecule has 2 aromatic rings. The summed E-state index contributed by atoms with van der Waals surface area (Å²) in [4.78, 5) is 15.7. The number of rotatable bonds is 8. The zero-order valence-corrected chi connectivity index (χ0v) is 14.7. The molecule has 4 nitrogen and oxygen atoms in total. The van der Waals surface area contributed by atoms with Gasteiger partial charge in [-0.15, -0.1) is 0 Å². The maximum absolute atomic E-state index is 11.2. The van der Waals surface area contributed by atoms with Gasteiger partial charge in [0.25, 0.3) is 0 Å². The highest BCUT2D eigenvalue weighted by molar-refractivity contribution is 5.87. The SMILES string of the molecule is Cc1cccc(CN(CCN(C)C)Cc2cccc(C(=O)O)c2)c1. The van der Waals surface area contributed by atoms with Gasteiger partial charge in [0.1, 0.15) is 0 Å². The molecule has 0 aliphatic carbocycles. The molecule has 2 aromatic carbocycles. The van der Waals surface area contributed by atoms with Crippen molar-refractivity contribution in [3.8, 4) is 0 Å². The van der Waals surface area contributed by atoms with Crippen LogP contribution in [0.15, 0.2) is 48.5 Å². The van der Waals surface area contributed by atoms with Crippen LogP contribution in [0, 0.1) is 6.92 Å². The van der Waals surface area contributed by atoms with E-state index >= 15 is 0 Å². The summed E-state index contributed by atoms with van der Waals surface area (Å²) < 4.78 is 0. The number of carboxylic acids is 1. The molecule has 24 heavy (non-hydrogen) atoms. The lowest BCUT2D eigenvalue weighted by Gasteiger charge is -2.24. The summed E-state index contributed by atoms with van der Waals surface area (Å²) in [5, 5.41) is 9.17. The van der Waals surface area contributed by atoms with E-state index in [0.29, 0.717) is 5.56 Å². The van der Waals surface area contributed by atoms with Crippen LogP contribution in [0.3, 0.4) is 0 Å². The first kappa shape index (κ1) is 18.2. The average Bonchev–Trinajstić information content (AvgIpc) is 2.53. The third-order valence-electron chi connectivity index (χ3n) is 3.93. The van der Waals surface area contributed by atoms with Gasteiger partial charge >= 0.3 is 5.97 Å². The molecule has 0 aliphatic heterocycles. The zero-order valence-electron chi connectivity index (χ0n) is 14.7. The molecule has 1 N–H and O–H groups in total. The Labute approximate surface area is 144 Å². The van der Waals surface area contributed by atoms with Crippen molar-refractivity contribution < 1.29 is 9.90 Å². The van der Waals surface area contributed by atoms with Gasteiger partial charge in [-0.25, -0.2) is 4.79 Å². The lowest BCUT2D eigenvalue weighted by molar-refractivity contribution is 0.0696. The number of carbonyl (C=O) groups is 1. The Bertz CT molecular complexity index is 683. The minimum absolute atomic E-state index is 0.343. The van der Waals surface area contributed by atoms with Gasteiger partial charge in [-0.05, 0) is 44.3 Å². The molecule has 4 heteroatoms. The van der Waals surface area contributed by atoms with Gasteiger partial charge in [0.2, 0.25) is 0 Å². The first-order valence-corrected chi connectivity index (χ1v) is 8.19. The smallest absolute Gasteiger partial charge is 0.335 e. The highest BCUT2D eigenvalue weighted by Crippen LogP contribution is 2.13. The quantitative estimate of drug-likeness (QED) is 0.809. The van der Waals surface area contributed by atoms with Crippen molar-refractivity contribution in [1.29, 1.82) is 0 Å². The number of benzene rings is 2. The number of aryl methyl sites for hydroxylation is 1. The van der Waals surface area contributed by atoms with E-state index in [0.717, 1.165) is 31.7 Å². The lowest BCUT2D eigenvalue weighted by atomic mass is 10.1. The number of likely N-dealkylation sites (N-methyl/N-ethyl adjacent to an activating group) is 1. The van der Waals surface area contributed by atoms with Crippen LogP contribution in [0.25, 0.3) is 0 Å². The molecular weight excluding hydrogens is 300 g/mol. The molecule has 0 heterocycles. The second kappa shape index (κ2) is 8.62. The monoisotopic (exact) mass is 326 g/mol. The Morgan fingerprint density at radius 2 is 1.58 bits per heavy atom. The number of aromatic carboxylic acids is 1. The first-order valence-electron chi connectivity index (χ1n) is 8.19. The Kier molecular flexibility index (Phi) is 6.53. The van der Waals surface area contributed by atoms with Crippen LogP contribution in [0.5, 0.6) is 0 Å². The van der Waals surface area contributed by atoms with Crippen molar-refractivity contribution in [3.05, 3.63) is 70.8 Å². The van der Waals surface area contributed by atoms with Crippen molar-refractivity contribution in [2.24, 2.45) is 0 Å². The summed E-state index contributed by atoms with van der Waals surface area (Å²) in [6, 6.07) is 15.7. The molecule has 0 fully saturated rings. The van der Waals surface area contributed by atoms with Gasteiger partial charge < -0.3 is 10.0 Å². The van der Waals surface area contributed by atoms with E-state index in [9.17, 15) is 4.79 Å². The fourth-order valence-corrected chi connectivity index (χ4v) is 2.69. The average molecular weight is 326 g/mol. The minimum atomic E-state index is -0.879. The van der Waals surface area contributed by atoms with Gasteiger partial charge in [0.15, 0.2) is 0 Å². The predicted molar refractivity (Wildman–Crippen MR) is 97.2 cm³/mol. The minimum Gasteiger partial charge on any atom is -0.478 e. The summed E-state index contributed by atoms with van der Waals surface area (Å²) in [7, 11) is 4.13. The Morgan fingerprint density at radius 3 is 2.17 bits per heavy atom. The molecule has 0 saturated carbocycles. The molecule has 0 spiro atoms. The van der Waals surface area contributed by atoms with Crippen LogP contribution in [0.4, 0.5) is 0 Å². The van der Waals surface area contributed by atoms with Gasteiger partial charge in [-0.1, -0.05) is 42.0 Å². The van der Waals surface area contributed by atoms with Crippen LogP contribution in [0.1, 0.15) is 27.0 Å². The fourth-order valence-electron chi connectivity index (χ4n) is 2.69. The largest absolute Gasteiger partial charge is 0.478 e. The van der Waals surface area contributed by atoms with E-state index in [2.05, 4.69) is 55.1 Å². The van der Waals surface area contributed by atoms with Crippen molar-refractivity contribution in [1.82, 2.24) is 9.80 Å². The van der Waals surface area contributed by atoms with Gasteiger partial charge in [-0.2, -0.15) is 0 Å². The van der Waals surface area contributed by atoms with E-state index in [1.54, 1.807) is 12.1 Å². The summed E-state index contributed by atoms with van der Waals surface area (Å²) in [5.74, 6) is -0.879. The predicted octanol–water partition coefficient (Wildman–Crippen LogP) is 3.26. The summed E-state index contributed by atoms with van der Waals surface area (Å²) >= 11 is 0. The van der Waals surface area contributed by atoms with Crippen molar-refractivity contribution in [2.75, 3.05) is 27.2 Å². The molecule has 0 aliphatic rings. The molecular formula is C20H26N2O2. The second-order valence-electron chi connectivity index (χ2n) is 6.51. The Hall–Kier alpha value is -2.17. The molecule has 0 saturated heterocycles. The zero-order chi connectivity index (χ0) is 17.5. The molecule has 0 radical (unpaired) electrons. The molecule has 2 rings (SSSR count). The molecule has 0 bridgehead atoms. The summed E-state index contributed by atoms with van der Waals surface area (Å²) in [5.41, 5.74) is 3.91. The summed E-state index contributed by atoms with van der Waals surface area (Å²) in [6.45, 7) is 5.59. The number of nitrogens with zero attached hydrogens (tertiary/aromatic N) is 2. The molecule has 0 unspecified atom stereocenters. The second-order valence-corrected chi connectivity index (χ2v) is 6.51. The van der Waals surface area contributed by atoms with Crippen molar-refractivity contribution >= 4 is 5.97 Å². The fraction of sp³-hybridized carbons (Fsp3) is 0.350. The standard InChI is InChI=1S/C20H26N2O2/c1-16-6-4-7-17(12-16)14-22(11-10-21(2)3)15-18-8-5-9-19(13-18)20(23)24/h4-9,12-13H,10-11,14-15H2,1-3H3,(H,23,24). The van der Waals surface area contributed by atoms with Crippen molar-refractivity contribution in [3.63, 3.8) is 0 Å². The normalized spacial score (nSPS) is 11.2. The van der Waals surface area contributed by atoms with Crippen LogP contribution in [-0.2, 0) is 13.1 Å². The van der Waals surface area contributed by atoms with Crippen LogP contribution in [-0.4, -0.2) is 48.1 Å². The third kappa shape index (κ3) is 5.80. The van der Waals surface area contributed by atoms with Gasteiger partial charge in [0, 0.05) is 26.2 Å². The third-order valence-corrected chi connectivity index (χ3v) is 3.93. The molecule has 0 atom stereocenters. The lowest BCUT2D eigenvalue weighted by Crippen LogP contribution is -2.31. The maximum Gasteiger partial charge on any atom is 0.335 e.